The maximum Gasteiger partial charge on any atom is 0.260 e. The van der Waals surface area contributed by atoms with Gasteiger partial charge in [-0.1, -0.05) is 0 Å². The number of aromatic amines is 1. The number of aromatic nitrogens is 1. The number of hydrogen-bond donors (Lipinski definition) is 3. The Balaban J connectivity index is 2.03. The smallest absolute Gasteiger partial charge is 0.260 e. The van der Waals surface area contributed by atoms with Gasteiger partial charge in [-0.2, -0.15) is 0 Å². The molecule has 0 radical (unpaired) electrons. The van der Waals surface area contributed by atoms with Crippen LogP contribution in [-0.4, -0.2) is 52.5 Å². The Morgan fingerprint density at radius 2 is 2.17 bits per heavy atom. The molecule has 2 heterocycles. The predicted octanol–water partition coefficient (Wildman–Crippen LogP) is -0.00980. The third-order valence-electron chi connectivity index (χ3n) is 4.07. The fourth-order valence-electron chi connectivity index (χ4n) is 2.87. The highest BCUT2D eigenvalue weighted by Crippen LogP contribution is 2.15. The van der Waals surface area contributed by atoms with E-state index in [1.807, 2.05) is 0 Å². The second kappa shape index (κ2) is 6.40. The summed E-state index contributed by atoms with van der Waals surface area (Å²) in [5.41, 5.74) is -0.339. The summed E-state index contributed by atoms with van der Waals surface area (Å²) < 4.78 is 13.4. The molecule has 3 rings (SSSR count). The van der Waals surface area contributed by atoms with Crippen LogP contribution in [0.2, 0.25) is 0 Å². The zero-order chi connectivity index (χ0) is 17.3. The SMILES string of the molecule is O=C1NCCN(C(=O)c2c[nH]c3ccc(F)cc3c2=O)[C@H]1CCO. The van der Waals surface area contributed by atoms with Crippen LogP contribution in [-0.2, 0) is 4.79 Å². The van der Waals surface area contributed by atoms with Crippen LogP contribution < -0.4 is 10.7 Å². The van der Waals surface area contributed by atoms with Gasteiger partial charge in [0.25, 0.3) is 5.91 Å². The van der Waals surface area contributed by atoms with E-state index in [2.05, 4.69) is 10.3 Å². The lowest BCUT2D eigenvalue weighted by atomic mass is 10.1. The highest BCUT2D eigenvalue weighted by molar-refractivity contribution is 6.00. The van der Waals surface area contributed by atoms with Crippen molar-refractivity contribution in [3.8, 4) is 0 Å². The average molecular weight is 333 g/mol. The Bertz CT molecular complexity index is 864. The molecule has 1 aromatic heterocycles. The summed E-state index contributed by atoms with van der Waals surface area (Å²) in [4.78, 5) is 41.2. The molecule has 1 aromatic carbocycles. The molecular weight excluding hydrogens is 317 g/mol. The molecule has 1 fully saturated rings. The number of nitrogens with zero attached hydrogens (tertiary/aromatic N) is 1. The first kappa shape index (κ1) is 16.1. The Morgan fingerprint density at radius 1 is 1.38 bits per heavy atom. The summed E-state index contributed by atoms with van der Waals surface area (Å²) >= 11 is 0. The van der Waals surface area contributed by atoms with Gasteiger partial charge < -0.3 is 20.3 Å². The largest absolute Gasteiger partial charge is 0.396 e. The highest BCUT2D eigenvalue weighted by atomic mass is 19.1. The molecule has 3 N–H and O–H groups in total. The van der Waals surface area contributed by atoms with E-state index in [-0.39, 0.29) is 43.0 Å². The lowest BCUT2D eigenvalue weighted by Crippen LogP contribution is -2.57. The van der Waals surface area contributed by atoms with Gasteiger partial charge in [0.05, 0.1) is 0 Å². The number of amides is 2. The third kappa shape index (κ3) is 2.76. The highest BCUT2D eigenvalue weighted by Gasteiger charge is 2.34. The molecule has 0 bridgehead atoms. The fraction of sp³-hybridized carbons (Fsp3) is 0.312. The molecule has 126 valence electrons. The number of benzene rings is 1. The quantitative estimate of drug-likeness (QED) is 0.735. The first-order chi connectivity index (χ1) is 11.5. The molecule has 24 heavy (non-hydrogen) atoms. The van der Waals surface area contributed by atoms with Gasteiger partial charge in [-0.05, 0) is 24.6 Å². The van der Waals surface area contributed by atoms with Crippen LogP contribution in [0.1, 0.15) is 16.8 Å². The molecule has 0 spiro atoms. The number of rotatable bonds is 3. The van der Waals surface area contributed by atoms with Crippen molar-refractivity contribution in [1.29, 1.82) is 0 Å². The Hall–Kier alpha value is -2.74. The van der Waals surface area contributed by atoms with Gasteiger partial charge in [0.15, 0.2) is 0 Å². The molecule has 1 saturated heterocycles. The number of carbonyl (C=O) groups excluding carboxylic acids is 2. The van der Waals surface area contributed by atoms with Crippen molar-refractivity contribution in [3.63, 3.8) is 0 Å². The summed E-state index contributed by atoms with van der Waals surface area (Å²) in [5.74, 6) is -1.56. The van der Waals surface area contributed by atoms with E-state index >= 15 is 0 Å². The lowest BCUT2D eigenvalue weighted by Gasteiger charge is -2.34. The molecule has 1 aliphatic heterocycles. The van der Waals surface area contributed by atoms with Gasteiger partial charge in [-0.25, -0.2) is 4.39 Å². The molecule has 1 atom stereocenters. The van der Waals surface area contributed by atoms with Crippen molar-refractivity contribution in [1.82, 2.24) is 15.2 Å². The lowest BCUT2D eigenvalue weighted by molar-refractivity contribution is -0.128. The summed E-state index contributed by atoms with van der Waals surface area (Å²) in [6.45, 7) is 0.240. The van der Waals surface area contributed by atoms with Crippen molar-refractivity contribution < 1.29 is 19.1 Å². The number of hydrogen-bond acceptors (Lipinski definition) is 4. The van der Waals surface area contributed by atoms with Crippen LogP contribution >= 0.6 is 0 Å². The monoisotopic (exact) mass is 333 g/mol. The summed E-state index contributed by atoms with van der Waals surface area (Å²) in [7, 11) is 0. The molecule has 2 amide bonds. The second-order valence-corrected chi connectivity index (χ2v) is 5.54. The standard InChI is InChI=1S/C16H16FN3O4/c17-9-1-2-12-10(7-9)14(22)11(8-19-12)16(24)20-5-4-18-15(23)13(20)3-6-21/h1-2,7-8,13,21H,3-6H2,(H,18,23)(H,19,22)/t13-/m0/s1. The third-order valence-corrected chi connectivity index (χ3v) is 4.07. The number of piperazine rings is 1. The van der Waals surface area contributed by atoms with E-state index < -0.39 is 23.2 Å². The number of H-pyrrole nitrogens is 1. The van der Waals surface area contributed by atoms with Crippen LogP contribution in [0, 0.1) is 5.82 Å². The Morgan fingerprint density at radius 3 is 2.92 bits per heavy atom. The van der Waals surface area contributed by atoms with E-state index in [4.69, 9.17) is 5.11 Å². The number of fused-ring (bicyclic) bond motifs is 1. The Kier molecular flexibility index (Phi) is 4.30. The normalized spacial score (nSPS) is 17.8. The van der Waals surface area contributed by atoms with Crippen molar-refractivity contribution in [2.45, 2.75) is 12.5 Å². The Labute approximate surface area is 136 Å². The molecule has 0 aliphatic carbocycles. The number of carbonyl (C=O) groups is 2. The van der Waals surface area contributed by atoms with E-state index in [0.29, 0.717) is 5.52 Å². The van der Waals surface area contributed by atoms with Crippen molar-refractivity contribution in [2.24, 2.45) is 0 Å². The van der Waals surface area contributed by atoms with Crippen LogP contribution in [0.4, 0.5) is 4.39 Å². The zero-order valence-corrected chi connectivity index (χ0v) is 12.7. The molecule has 8 heteroatoms. The van der Waals surface area contributed by atoms with Crippen LogP contribution in [0.15, 0.2) is 29.2 Å². The first-order valence-corrected chi connectivity index (χ1v) is 7.53. The minimum absolute atomic E-state index is 0.0704. The minimum atomic E-state index is -0.834. The van der Waals surface area contributed by atoms with Gasteiger partial charge in [0, 0.05) is 36.8 Å². The second-order valence-electron chi connectivity index (χ2n) is 5.54. The predicted molar refractivity (Wildman–Crippen MR) is 84.1 cm³/mol. The van der Waals surface area contributed by atoms with Gasteiger partial charge in [-0.3, -0.25) is 14.4 Å². The van der Waals surface area contributed by atoms with Gasteiger partial charge in [0.2, 0.25) is 11.3 Å². The van der Waals surface area contributed by atoms with Crippen LogP contribution in [0.3, 0.4) is 0 Å². The maximum absolute atomic E-state index is 13.4. The number of aliphatic hydroxyl groups is 1. The van der Waals surface area contributed by atoms with E-state index in [1.54, 1.807) is 0 Å². The molecule has 0 unspecified atom stereocenters. The number of pyridine rings is 1. The van der Waals surface area contributed by atoms with Crippen molar-refractivity contribution >= 4 is 22.7 Å². The molecule has 1 aliphatic rings. The molecule has 0 saturated carbocycles. The van der Waals surface area contributed by atoms with E-state index in [0.717, 1.165) is 6.07 Å². The number of nitrogens with one attached hydrogen (secondary N) is 2. The fourth-order valence-corrected chi connectivity index (χ4v) is 2.87. The average Bonchev–Trinajstić information content (AvgIpc) is 2.57. The zero-order valence-electron chi connectivity index (χ0n) is 12.7. The minimum Gasteiger partial charge on any atom is -0.396 e. The van der Waals surface area contributed by atoms with Crippen LogP contribution in [0.5, 0.6) is 0 Å². The molecular formula is C16H16FN3O4. The van der Waals surface area contributed by atoms with Crippen molar-refractivity contribution in [2.75, 3.05) is 19.7 Å². The topological polar surface area (TPSA) is 103 Å². The summed E-state index contributed by atoms with van der Waals surface area (Å²) in [6.07, 6.45) is 1.35. The van der Waals surface area contributed by atoms with Gasteiger partial charge in [-0.15, -0.1) is 0 Å². The van der Waals surface area contributed by atoms with Gasteiger partial charge >= 0.3 is 0 Å². The summed E-state index contributed by atoms with van der Waals surface area (Å²) in [5, 5.41) is 11.8. The first-order valence-electron chi connectivity index (χ1n) is 7.53. The van der Waals surface area contributed by atoms with E-state index in [9.17, 15) is 18.8 Å². The number of halogens is 1. The molecule has 7 nitrogen and oxygen atoms in total. The van der Waals surface area contributed by atoms with Crippen molar-refractivity contribution in [3.05, 3.63) is 46.0 Å². The summed E-state index contributed by atoms with van der Waals surface area (Å²) in [6, 6.07) is 2.87. The number of aliphatic hydroxyl groups excluding tert-OH is 1. The maximum atomic E-state index is 13.4. The van der Waals surface area contributed by atoms with E-state index in [1.165, 1.54) is 23.2 Å². The van der Waals surface area contributed by atoms with Gasteiger partial charge in [0.1, 0.15) is 17.4 Å². The molecule has 2 aromatic rings. The van der Waals surface area contributed by atoms with Crippen LogP contribution in [0.25, 0.3) is 10.9 Å².